The molecule has 0 aliphatic carbocycles. The summed E-state index contributed by atoms with van der Waals surface area (Å²) in [6, 6.07) is 0. The Morgan fingerprint density at radius 1 is 1.02 bits per heavy atom. The topological polar surface area (TPSA) is 92.8 Å². The lowest BCUT2D eigenvalue weighted by Crippen LogP contribution is -2.33. The minimum Gasteiger partial charge on any atom is -0.481 e. The van der Waals surface area contributed by atoms with Crippen molar-refractivity contribution >= 4 is 29.2 Å². The molecule has 0 aliphatic rings. The molecule has 0 aromatic rings. The summed E-state index contributed by atoms with van der Waals surface area (Å²) in [5.74, 6) is -0.143. The molecule has 0 unspecified atom stereocenters. The highest BCUT2D eigenvalue weighted by atomic mass is 32.2. The maximum Gasteiger partial charge on any atom is 0.309 e. The summed E-state index contributed by atoms with van der Waals surface area (Å²) in [6.45, 7) is 30.5. The van der Waals surface area contributed by atoms with Crippen molar-refractivity contribution in [3.63, 3.8) is 0 Å². The maximum absolute atomic E-state index is 14.1. The summed E-state index contributed by atoms with van der Waals surface area (Å²) in [5, 5.41) is 11.7. The number of ketones is 1. The average Bonchev–Trinajstić information content (AvgIpc) is 2.96. The summed E-state index contributed by atoms with van der Waals surface area (Å²) in [5.41, 5.74) is 11.7. The van der Waals surface area contributed by atoms with Crippen molar-refractivity contribution in [2.75, 3.05) is 0 Å². The molecule has 0 bridgehead atoms. The average molecular weight is 639 g/mol. The van der Waals surface area contributed by atoms with Gasteiger partial charge in [-0.15, -0.1) is 11.8 Å². The minimum atomic E-state index is -1.12. The number of hydrogen-bond donors (Lipinski definition) is 2. The third-order valence-electron chi connectivity index (χ3n) is 8.32. The van der Waals surface area contributed by atoms with Gasteiger partial charge in [-0.1, -0.05) is 83.6 Å². The second-order valence-corrected chi connectivity index (χ2v) is 13.8. The Labute approximate surface area is 279 Å². The van der Waals surface area contributed by atoms with Crippen LogP contribution < -0.4 is 5.73 Å². The Bertz CT molecular complexity index is 1280. The number of nitrogens with two attached hydrogens (primary N) is 1. The smallest absolute Gasteiger partial charge is 0.309 e. The fourth-order valence-electron chi connectivity index (χ4n) is 5.20. The van der Waals surface area contributed by atoms with Crippen LogP contribution in [0.25, 0.3) is 0 Å². The molecule has 0 radical (unpaired) electrons. The van der Waals surface area contributed by atoms with Gasteiger partial charge in [0.25, 0.3) is 0 Å². The molecule has 0 saturated carbocycles. The number of hydrogen-bond acceptors (Lipinski definition) is 5. The monoisotopic (exact) mass is 638 g/mol. The van der Waals surface area contributed by atoms with E-state index in [9.17, 15) is 14.7 Å². The van der Waals surface area contributed by atoms with Gasteiger partial charge in [0, 0.05) is 17.7 Å². The van der Waals surface area contributed by atoms with Crippen LogP contribution >= 0.6 is 11.8 Å². The van der Waals surface area contributed by atoms with Crippen LogP contribution in [0.3, 0.4) is 0 Å². The zero-order valence-corrected chi connectivity index (χ0v) is 31.4. The number of aliphatic imine (C=N–C) groups is 1. The molecule has 0 heterocycles. The molecule has 0 saturated heterocycles. The Kier molecular flexibility index (Phi) is 18.4. The van der Waals surface area contributed by atoms with Gasteiger partial charge in [-0.3, -0.25) is 9.59 Å². The van der Waals surface area contributed by atoms with Crippen molar-refractivity contribution in [1.82, 2.24) is 0 Å². The van der Waals surface area contributed by atoms with E-state index in [0.29, 0.717) is 47.9 Å². The first-order chi connectivity index (χ1) is 20.9. The molecule has 0 fully saturated rings. The highest BCUT2D eigenvalue weighted by molar-refractivity contribution is 8.05. The standard InChI is InChI=1S/C39H62N2O3S/c1-15-20-27(8)35(36(40)41-29(10)33(22-17-3)32(21-16-2)28(9)26(6)7)39(14,34(42)23-18-4)30(11)45-25-31(19-5)24-38(12,13)37(43)44/h16,20-22,25-26H,11,15,17-19,23-24,40H2,1-10,12-14H3,(H,43,44)/b21-16-,27-20+,31-25+,32-28-,33-22+,36-35+,41-29+/t39-/m1/s1. The molecule has 252 valence electrons. The number of thioether (sulfide) groups is 1. The first-order valence-electron chi connectivity index (χ1n) is 16.5. The van der Waals surface area contributed by atoms with Crippen LogP contribution in [0.2, 0.25) is 0 Å². The second-order valence-electron chi connectivity index (χ2n) is 12.9. The molecule has 0 aliphatic heterocycles. The highest BCUT2D eigenvalue weighted by Crippen LogP contribution is 2.47. The normalized spacial score (nSPS) is 16.5. The molecule has 0 spiro atoms. The van der Waals surface area contributed by atoms with Crippen LogP contribution in [0.15, 0.2) is 85.4 Å². The van der Waals surface area contributed by atoms with Gasteiger partial charge >= 0.3 is 5.97 Å². The van der Waals surface area contributed by atoms with Gasteiger partial charge in [0.15, 0.2) is 0 Å². The molecule has 0 aromatic heterocycles. The number of rotatable bonds is 19. The number of carbonyl (C=O) groups excluding carboxylic acids is 1. The molecule has 0 aromatic carbocycles. The van der Waals surface area contributed by atoms with Crippen LogP contribution in [0.5, 0.6) is 0 Å². The zero-order valence-electron chi connectivity index (χ0n) is 30.6. The Morgan fingerprint density at radius 3 is 2.04 bits per heavy atom. The van der Waals surface area contributed by atoms with Gasteiger partial charge in [0.1, 0.15) is 11.6 Å². The SMILES string of the molecule is C=C(S/C=C(\CC)CC(C)(C)C(=O)O)[C@](C)(C(=O)CCC)C(/C(C)=C/CC)=C(N)/N=C(C)/C(=C\CC)C(/C=C\C)=C(/C)C(C)C. The minimum absolute atomic E-state index is 0.0314. The number of Topliss-reactive ketones (excluding diaryl/α,β-unsaturated/α-hetero) is 1. The summed E-state index contributed by atoms with van der Waals surface area (Å²) in [7, 11) is 0. The van der Waals surface area contributed by atoms with Crippen molar-refractivity contribution in [3.8, 4) is 0 Å². The van der Waals surface area contributed by atoms with Crippen LogP contribution in [-0.2, 0) is 9.59 Å². The molecule has 1 atom stereocenters. The first kappa shape index (κ1) is 42.1. The molecule has 3 N–H and O–H groups in total. The van der Waals surface area contributed by atoms with Crippen molar-refractivity contribution in [2.24, 2.45) is 27.5 Å². The summed E-state index contributed by atoms with van der Waals surface area (Å²) in [4.78, 5) is 31.6. The lowest BCUT2D eigenvalue weighted by Gasteiger charge is -2.34. The van der Waals surface area contributed by atoms with E-state index in [0.717, 1.165) is 40.8 Å². The van der Waals surface area contributed by atoms with E-state index in [1.165, 1.54) is 17.3 Å². The van der Waals surface area contributed by atoms with E-state index in [1.54, 1.807) is 13.8 Å². The van der Waals surface area contributed by atoms with E-state index in [1.807, 2.05) is 53.0 Å². The predicted octanol–water partition coefficient (Wildman–Crippen LogP) is 11.3. The summed E-state index contributed by atoms with van der Waals surface area (Å²) in [6.07, 6.45) is 12.2. The second kappa shape index (κ2) is 19.6. The fraction of sp³-hybridized carbons (Fsp3) is 0.564. The van der Waals surface area contributed by atoms with E-state index in [4.69, 9.17) is 10.7 Å². The first-order valence-corrected chi connectivity index (χ1v) is 17.4. The third kappa shape index (κ3) is 11.8. The lowest BCUT2D eigenvalue weighted by molar-refractivity contribution is -0.146. The third-order valence-corrected chi connectivity index (χ3v) is 9.47. The van der Waals surface area contributed by atoms with Gasteiger partial charge in [-0.2, -0.15) is 0 Å². The van der Waals surface area contributed by atoms with Crippen molar-refractivity contribution in [3.05, 3.63) is 80.5 Å². The van der Waals surface area contributed by atoms with Gasteiger partial charge < -0.3 is 10.8 Å². The Morgan fingerprint density at radius 2 is 1.60 bits per heavy atom. The number of aliphatic carboxylic acids is 1. The predicted molar refractivity (Wildman–Crippen MR) is 198 cm³/mol. The molecular weight excluding hydrogens is 577 g/mol. The summed E-state index contributed by atoms with van der Waals surface area (Å²) >= 11 is 1.39. The molecule has 6 heteroatoms. The van der Waals surface area contributed by atoms with Gasteiger partial charge in [0.2, 0.25) is 0 Å². The fourth-order valence-corrected chi connectivity index (χ4v) is 6.21. The molecule has 5 nitrogen and oxygen atoms in total. The molecule has 45 heavy (non-hydrogen) atoms. The number of carboxylic acids is 1. The number of carbonyl (C=O) groups is 2. The van der Waals surface area contributed by atoms with Crippen LogP contribution in [0.4, 0.5) is 0 Å². The van der Waals surface area contributed by atoms with Crippen LogP contribution in [0, 0.1) is 16.7 Å². The van der Waals surface area contributed by atoms with Crippen molar-refractivity contribution in [1.29, 1.82) is 0 Å². The zero-order chi connectivity index (χ0) is 35.1. The van der Waals surface area contributed by atoms with Gasteiger partial charge in [0.05, 0.1) is 10.8 Å². The van der Waals surface area contributed by atoms with Crippen LogP contribution in [-0.4, -0.2) is 22.6 Å². The highest BCUT2D eigenvalue weighted by Gasteiger charge is 2.41. The van der Waals surface area contributed by atoms with Crippen LogP contribution in [0.1, 0.15) is 129 Å². The Hall–Kier alpha value is -2.86. The van der Waals surface area contributed by atoms with E-state index < -0.39 is 16.8 Å². The molecule has 0 rings (SSSR count). The largest absolute Gasteiger partial charge is 0.481 e. The number of allylic oxidation sites excluding steroid dienone is 11. The number of nitrogens with zero attached hydrogens (tertiary/aromatic N) is 1. The van der Waals surface area contributed by atoms with Crippen molar-refractivity contribution in [2.45, 2.75) is 129 Å². The maximum atomic E-state index is 14.1. The number of carboxylic acid groups (broad SMARTS) is 1. The molecular formula is C39H62N2O3S. The van der Waals surface area contributed by atoms with E-state index in [-0.39, 0.29) is 5.78 Å². The lowest BCUT2D eigenvalue weighted by atomic mass is 9.73. The van der Waals surface area contributed by atoms with Crippen molar-refractivity contribution < 1.29 is 14.7 Å². The van der Waals surface area contributed by atoms with Gasteiger partial charge in [-0.25, -0.2) is 4.99 Å². The summed E-state index contributed by atoms with van der Waals surface area (Å²) < 4.78 is 0. The quantitative estimate of drug-likeness (QED) is 0.108. The van der Waals surface area contributed by atoms with Gasteiger partial charge in [-0.05, 0) is 114 Å². The van der Waals surface area contributed by atoms with E-state index >= 15 is 0 Å². The van der Waals surface area contributed by atoms with E-state index in [2.05, 4.69) is 59.4 Å². The Balaban J connectivity index is 7.59. The molecule has 0 amide bonds.